The van der Waals surface area contributed by atoms with Gasteiger partial charge in [-0.05, 0) is 50.9 Å². The van der Waals surface area contributed by atoms with Crippen molar-refractivity contribution in [3.8, 4) is 0 Å². The Balaban J connectivity index is 1.67. The molecule has 0 unspecified atom stereocenters. The van der Waals surface area contributed by atoms with Gasteiger partial charge in [0.25, 0.3) is 5.91 Å². The third kappa shape index (κ3) is 4.66. The van der Waals surface area contributed by atoms with E-state index in [0.29, 0.717) is 5.56 Å². The fourth-order valence-corrected chi connectivity index (χ4v) is 2.99. The van der Waals surface area contributed by atoms with E-state index < -0.39 is 30.3 Å². The standard InChI is InChI=1S/C21H26BN3O4/c1-20(2)21(3,4)29-22(28-20)16-7-5-14(6-8-16)13-17(18(23)26)25-19(27)15-9-11-24-12-10-15/h5-12,17H,13H2,1-4H3,(H2,23,26)(H,25,27)/t17-/m1/s1. The first-order valence-electron chi connectivity index (χ1n) is 9.54. The molecule has 1 aromatic heterocycles. The summed E-state index contributed by atoms with van der Waals surface area (Å²) in [4.78, 5) is 28.0. The summed E-state index contributed by atoms with van der Waals surface area (Å²) >= 11 is 0. The van der Waals surface area contributed by atoms with Crippen molar-refractivity contribution >= 4 is 24.4 Å². The van der Waals surface area contributed by atoms with Gasteiger partial charge >= 0.3 is 7.12 Å². The molecule has 2 amide bonds. The van der Waals surface area contributed by atoms with E-state index in [1.807, 2.05) is 52.0 Å². The second-order valence-electron chi connectivity index (χ2n) is 8.20. The Hall–Kier alpha value is -2.71. The number of nitrogens with zero attached hydrogens (tertiary/aromatic N) is 1. The van der Waals surface area contributed by atoms with E-state index in [1.165, 1.54) is 12.4 Å². The van der Waals surface area contributed by atoms with Crippen molar-refractivity contribution in [3.63, 3.8) is 0 Å². The Morgan fingerprint density at radius 1 is 1.03 bits per heavy atom. The van der Waals surface area contributed by atoms with Gasteiger partial charge in [0.05, 0.1) is 11.2 Å². The quantitative estimate of drug-likeness (QED) is 0.716. The Labute approximate surface area is 171 Å². The van der Waals surface area contributed by atoms with Gasteiger partial charge in [-0.2, -0.15) is 0 Å². The Kier molecular flexibility index (Phi) is 5.77. The summed E-state index contributed by atoms with van der Waals surface area (Å²) in [5.74, 6) is -0.965. The molecule has 1 saturated heterocycles. The summed E-state index contributed by atoms with van der Waals surface area (Å²) in [5.41, 5.74) is 6.85. The molecular weight excluding hydrogens is 369 g/mol. The van der Waals surface area contributed by atoms with Crippen LogP contribution in [0.5, 0.6) is 0 Å². The lowest BCUT2D eigenvalue weighted by Gasteiger charge is -2.32. The lowest BCUT2D eigenvalue weighted by atomic mass is 9.78. The zero-order valence-electron chi connectivity index (χ0n) is 17.1. The number of hydrogen-bond donors (Lipinski definition) is 2. The van der Waals surface area contributed by atoms with E-state index >= 15 is 0 Å². The van der Waals surface area contributed by atoms with Gasteiger partial charge < -0.3 is 20.4 Å². The maximum absolute atomic E-state index is 12.3. The number of nitrogens with one attached hydrogen (secondary N) is 1. The summed E-state index contributed by atoms with van der Waals surface area (Å²) in [5, 5.41) is 2.68. The highest BCUT2D eigenvalue weighted by atomic mass is 16.7. The van der Waals surface area contributed by atoms with Crippen LogP contribution < -0.4 is 16.5 Å². The lowest BCUT2D eigenvalue weighted by Crippen LogP contribution is -2.45. The molecule has 0 bridgehead atoms. The van der Waals surface area contributed by atoms with Crippen LogP contribution in [0.2, 0.25) is 0 Å². The van der Waals surface area contributed by atoms with Gasteiger partial charge in [-0.3, -0.25) is 14.6 Å². The summed E-state index contributed by atoms with van der Waals surface area (Å²) < 4.78 is 12.1. The number of carbonyl (C=O) groups is 2. The van der Waals surface area contributed by atoms with Crippen LogP contribution in [0, 0.1) is 0 Å². The minimum atomic E-state index is -0.821. The van der Waals surface area contributed by atoms with Crippen LogP contribution in [-0.2, 0) is 20.5 Å². The highest BCUT2D eigenvalue weighted by Crippen LogP contribution is 2.36. The monoisotopic (exact) mass is 395 g/mol. The molecule has 0 aliphatic carbocycles. The fourth-order valence-electron chi connectivity index (χ4n) is 2.99. The molecule has 0 radical (unpaired) electrons. The van der Waals surface area contributed by atoms with Crippen LogP contribution in [0.3, 0.4) is 0 Å². The number of primary amides is 1. The Morgan fingerprint density at radius 3 is 2.10 bits per heavy atom. The summed E-state index contributed by atoms with van der Waals surface area (Å²) in [6, 6.07) is 9.91. The number of hydrogen-bond acceptors (Lipinski definition) is 5. The molecule has 0 spiro atoms. The first-order valence-corrected chi connectivity index (χ1v) is 9.54. The summed E-state index contributed by atoms with van der Waals surface area (Å²) in [6.45, 7) is 8.02. The molecule has 152 valence electrons. The molecule has 3 rings (SSSR count). The van der Waals surface area contributed by atoms with Gasteiger partial charge in [0.2, 0.25) is 5.91 Å². The van der Waals surface area contributed by atoms with Gasteiger partial charge in [0.15, 0.2) is 0 Å². The summed E-state index contributed by atoms with van der Waals surface area (Å²) in [7, 11) is -0.451. The van der Waals surface area contributed by atoms with E-state index in [2.05, 4.69) is 10.3 Å². The molecule has 1 fully saturated rings. The van der Waals surface area contributed by atoms with Crippen molar-refractivity contribution in [3.05, 3.63) is 59.9 Å². The van der Waals surface area contributed by atoms with Crippen LogP contribution in [0.15, 0.2) is 48.8 Å². The summed E-state index contributed by atoms with van der Waals surface area (Å²) in [6.07, 6.45) is 3.32. The van der Waals surface area contributed by atoms with Crippen molar-refractivity contribution in [2.75, 3.05) is 0 Å². The van der Waals surface area contributed by atoms with Gasteiger partial charge in [0, 0.05) is 24.4 Å². The number of carbonyl (C=O) groups excluding carboxylic acids is 2. The van der Waals surface area contributed by atoms with Crippen LogP contribution in [0.4, 0.5) is 0 Å². The predicted octanol–water partition coefficient (Wildman–Crippen LogP) is 1.21. The molecule has 7 nitrogen and oxygen atoms in total. The number of nitrogens with two attached hydrogens (primary N) is 1. The third-order valence-electron chi connectivity index (χ3n) is 5.54. The molecule has 3 N–H and O–H groups in total. The van der Waals surface area contributed by atoms with Gasteiger partial charge in [-0.25, -0.2) is 0 Å². The van der Waals surface area contributed by atoms with Gasteiger partial charge in [-0.1, -0.05) is 24.3 Å². The second kappa shape index (κ2) is 7.97. The van der Waals surface area contributed by atoms with Crippen molar-refractivity contribution in [2.24, 2.45) is 5.73 Å². The third-order valence-corrected chi connectivity index (χ3v) is 5.54. The maximum Gasteiger partial charge on any atom is 0.494 e. The predicted molar refractivity (Wildman–Crippen MR) is 111 cm³/mol. The molecule has 8 heteroatoms. The molecule has 1 atom stereocenters. The lowest BCUT2D eigenvalue weighted by molar-refractivity contribution is -0.119. The number of benzene rings is 1. The first kappa shape index (κ1) is 21.0. The average molecular weight is 395 g/mol. The molecule has 29 heavy (non-hydrogen) atoms. The molecular formula is C21H26BN3O4. The van der Waals surface area contributed by atoms with Crippen molar-refractivity contribution in [2.45, 2.75) is 51.4 Å². The van der Waals surface area contributed by atoms with Gasteiger partial charge in [-0.15, -0.1) is 0 Å². The molecule has 1 aliphatic heterocycles. The second-order valence-corrected chi connectivity index (χ2v) is 8.20. The largest absolute Gasteiger partial charge is 0.494 e. The topological polar surface area (TPSA) is 104 Å². The smallest absolute Gasteiger partial charge is 0.399 e. The number of aromatic nitrogens is 1. The van der Waals surface area contributed by atoms with Crippen LogP contribution in [-0.4, -0.2) is 41.2 Å². The number of amides is 2. The number of rotatable bonds is 6. The number of pyridine rings is 1. The van der Waals surface area contributed by atoms with Crippen molar-refractivity contribution in [1.82, 2.24) is 10.3 Å². The highest BCUT2D eigenvalue weighted by Gasteiger charge is 2.51. The zero-order chi connectivity index (χ0) is 21.2. The van der Waals surface area contributed by atoms with Crippen molar-refractivity contribution < 1.29 is 18.9 Å². The normalized spacial score (nSPS) is 18.3. The fraction of sp³-hybridized carbons (Fsp3) is 0.381. The highest BCUT2D eigenvalue weighted by molar-refractivity contribution is 6.62. The molecule has 2 aromatic rings. The van der Waals surface area contributed by atoms with Gasteiger partial charge in [0.1, 0.15) is 6.04 Å². The molecule has 2 heterocycles. The minimum absolute atomic E-state index is 0.288. The van der Waals surface area contributed by atoms with E-state index in [1.54, 1.807) is 12.1 Å². The Bertz CT molecular complexity index is 869. The minimum Gasteiger partial charge on any atom is -0.399 e. The molecule has 1 aliphatic rings. The van der Waals surface area contributed by atoms with Crippen LogP contribution in [0.25, 0.3) is 0 Å². The van der Waals surface area contributed by atoms with E-state index in [-0.39, 0.29) is 12.3 Å². The average Bonchev–Trinajstić information content (AvgIpc) is 2.89. The van der Waals surface area contributed by atoms with E-state index in [0.717, 1.165) is 11.0 Å². The van der Waals surface area contributed by atoms with E-state index in [4.69, 9.17) is 15.0 Å². The van der Waals surface area contributed by atoms with Crippen LogP contribution >= 0.6 is 0 Å². The molecule has 0 saturated carbocycles. The molecule has 1 aromatic carbocycles. The SMILES string of the molecule is CC1(C)OB(c2ccc(C[C@@H](NC(=O)c3ccncc3)C(N)=O)cc2)OC1(C)C. The van der Waals surface area contributed by atoms with Crippen molar-refractivity contribution in [1.29, 1.82) is 0 Å². The Morgan fingerprint density at radius 2 is 1.59 bits per heavy atom. The maximum atomic E-state index is 12.3. The zero-order valence-corrected chi connectivity index (χ0v) is 17.1. The van der Waals surface area contributed by atoms with Crippen LogP contribution in [0.1, 0.15) is 43.6 Å². The first-order chi connectivity index (χ1) is 13.6. The van der Waals surface area contributed by atoms with E-state index in [9.17, 15) is 9.59 Å².